The number of hydrogen-bond donors (Lipinski definition) is 1. The number of anilines is 1. The number of fused-ring (bicyclic) bond motifs is 1. The number of oxazole rings is 1. The average molecular weight is 245 g/mol. The fraction of sp³-hybridized carbons (Fsp3) is 0.385. The number of benzene rings is 1. The van der Waals surface area contributed by atoms with Crippen LogP contribution in [-0.4, -0.2) is 24.0 Å². The number of carbonyl (C=O) groups is 1. The van der Waals surface area contributed by atoms with E-state index in [2.05, 4.69) is 9.88 Å². The summed E-state index contributed by atoms with van der Waals surface area (Å²) in [6.07, 6.45) is 3.56. The van der Waals surface area contributed by atoms with Crippen molar-refractivity contribution in [3.8, 4) is 0 Å². The van der Waals surface area contributed by atoms with Crippen molar-refractivity contribution in [3.05, 3.63) is 23.8 Å². The zero-order valence-corrected chi connectivity index (χ0v) is 10.1. The van der Waals surface area contributed by atoms with Gasteiger partial charge >= 0.3 is 0 Å². The molecule has 1 aliphatic rings. The number of rotatable bonds is 2. The van der Waals surface area contributed by atoms with Crippen molar-refractivity contribution in [1.82, 2.24) is 4.98 Å². The highest BCUT2D eigenvalue weighted by molar-refractivity contribution is 6.03. The lowest BCUT2D eigenvalue weighted by Gasteiger charge is -2.24. The van der Waals surface area contributed by atoms with Gasteiger partial charge in [0.2, 0.25) is 0 Å². The van der Waals surface area contributed by atoms with Gasteiger partial charge in [-0.15, -0.1) is 0 Å². The number of amides is 1. The molecule has 1 fully saturated rings. The maximum atomic E-state index is 11.3. The van der Waals surface area contributed by atoms with Gasteiger partial charge < -0.3 is 15.1 Å². The highest BCUT2D eigenvalue weighted by atomic mass is 16.4. The smallest absolute Gasteiger partial charge is 0.298 e. The fourth-order valence-corrected chi connectivity index (χ4v) is 2.36. The lowest BCUT2D eigenvalue weighted by atomic mass is 10.1. The first-order chi connectivity index (χ1) is 8.75. The van der Waals surface area contributed by atoms with Gasteiger partial charge in [0.25, 0.3) is 11.9 Å². The number of hydrogen-bond acceptors (Lipinski definition) is 4. The monoisotopic (exact) mass is 245 g/mol. The molecule has 2 N–H and O–H groups in total. The van der Waals surface area contributed by atoms with Gasteiger partial charge in [0, 0.05) is 13.1 Å². The van der Waals surface area contributed by atoms with Crippen LogP contribution in [0.25, 0.3) is 11.1 Å². The third-order valence-electron chi connectivity index (χ3n) is 3.30. The SMILES string of the molecule is NC(=O)c1cccc2oc(N3CCCCC3)nc12. The summed E-state index contributed by atoms with van der Waals surface area (Å²) in [4.78, 5) is 17.9. The number of nitrogens with two attached hydrogens (primary N) is 1. The highest BCUT2D eigenvalue weighted by Crippen LogP contribution is 2.26. The van der Waals surface area contributed by atoms with Crippen molar-refractivity contribution >= 4 is 23.0 Å². The summed E-state index contributed by atoms with van der Waals surface area (Å²) in [6, 6.07) is 5.83. The molecule has 0 saturated carbocycles. The summed E-state index contributed by atoms with van der Waals surface area (Å²) in [5.74, 6) is -0.473. The molecule has 0 unspecified atom stereocenters. The normalized spacial score (nSPS) is 16.1. The van der Waals surface area contributed by atoms with Gasteiger partial charge in [0.1, 0.15) is 5.52 Å². The molecule has 0 bridgehead atoms. The van der Waals surface area contributed by atoms with E-state index in [0.717, 1.165) is 25.9 Å². The molecule has 2 aromatic rings. The van der Waals surface area contributed by atoms with Crippen LogP contribution in [-0.2, 0) is 0 Å². The molecule has 1 aliphatic heterocycles. The Hall–Kier alpha value is -2.04. The highest BCUT2D eigenvalue weighted by Gasteiger charge is 2.19. The number of aromatic nitrogens is 1. The molecule has 2 heterocycles. The zero-order chi connectivity index (χ0) is 12.5. The van der Waals surface area contributed by atoms with Crippen LogP contribution < -0.4 is 10.6 Å². The summed E-state index contributed by atoms with van der Waals surface area (Å²) in [5.41, 5.74) is 6.93. The molecule has 1 aromatic heterocycles. The lowest BCUT2D eigenvalue weighted by molar-refractivity contribution is 0.100. The predicted molar refractivity (Wildman–Crippen MR) is 68.6 cm³/mol. The van der Waals surface area contributed by atoms with E-state index in [0.29, 0.717) is 22.7 Å². The third kappa shape index (κ3) is 1.81. The number of para-hydroxylation sites is 1. The molecule has 18 heavy (non-hydrogen) atoms. The number of primary amides is 1. The second kappa shape index (κ2) is 4.33. The Kier molecular flexibility index (Phi) is 2.66. The van der Waals surface area contributed by atoms with Gasteiger partial charge in [-0.3, -0.25) is 4.79 Å². The molecule has 1 saturated heterocycles. The Labute approximate surface area is 105 Å². The van der Waals surface area contributed by atoms with Crippen molar-refractivity contribution in [2.45, 2.75) is 19.3 Å². The first kappa shape index (κ1) is 11.1. The van der Waals surface area contributed by atoms with E-state index in [1.54, 1.807) is 12.1 Å². The number of piperidine rings is 1. The average Bonchev–Trinajstić information content (AvgIpc) is 2.83. The fourth-order valence-electron chi connectivity index (χ4n) is 2.36. The van der Waals surface area contributed by atoms with E-state index in [1.165, 1.54) is 6.42 Å². The van der Waals surface area contributed by atoms with Crippen molar-refractivity contribution in [2.24, 2.45) is 5.73 Å². The Balaban J connectivity index is 2.04. The topological polar surface area (TPSA) is 72.4 Å². The molecule has 1 aromatic carbocycles. The molecule has 5 nitrogen and oxygen atoms in total. The summed E-state index contributed by atoms with van der Waals surface area (Å²) < 4.78 is 5.71. The molecule has 5 heteroatoms. The van der Waals surface area contributed by atoms with Crippen molar-refractivity contribution in [2.75, 3.05) is 18.0 Å². The van der Waals surface area contributed by atoms with Gasteiger partial charge in [0.05, 0.1) is 5.56 Å². The minimum atomic E-state index is -0.473. The van der Waals surface area contributed by atoms with Crippen LogP contribution in [0.4, 0.5) is 6.01 Å². The van der Waals surface area contributed by atoms with Gasteiger partial charge in [0.15, 0.2) is 5.58 Å². The Morgan fingerprint density at radius 3 is 2.78 bits per heavy atom. The maximum absolute atomic E-state index is 11.3. The zero-order valence-electron chi connectivity index (χ0n) is 10.1. The van der Waals surface area contributed by atoms with E-state index < -0.39 is 5.91 Å². The number of carbonyl (C=O) groups excluding carboxylic acids is 1. The predicted octanol–water partition coefficient (Wildman–Crippen LogP) is 1.92. The van der Waals surface area contributed by atoms with E-state index in [9.17, 15) is 4.79 Å². The van der Waals surface area contributed by atoms with E-state index >= 15 is 0 Å². The molecule has 0 radical (unpaired) electrons. The van der Waals surface area contributed by atoms with Crippen LogP contribution in [0.15, 0.2) is 22.6 Å². The van der Waals surface area contributed by atoms with E-state index in [1.807, 2.05) is 6.07 Å². The van der Waals surface area contributed by atoms with Crippen LogP contribution in [0.1, 0.15) is 29.6 Å². The molecular weight excluding hydrogens is 230 g/mol. The van der Waals surface area contributed by atoms with Gasteiger partial charge in [-0.2, -0.15) is 4.98 Å². The van der Waals surface area contributed by atoms with Crippen LogP contribution in [0.2, 0.25) is 0 Å². The lowest BCUT2D eigenvalue weighted by Crippen LogP contribution is -2.29. The van der Waals surface area contributed by atoms with Crippen LogP contribution >= 0.6 is 0 Å². The Morgan fingerprint density at radius 2 is 2.06 bits per heavy atom. The van der Waals surface area contributed by atoms with Gasteiger partial charge in [-0.1, -0.05) is 6.07 Å². The molecule has 94 valence electrons. The first-order valence-corrected chi connectivity index (χ1v) is 6.20. The largest absolute Gasteiger partial charge is 0.423 e. The van der Waals surface area contributed by atoms with E-state index in [4.69, 9.17) is 10.2 Å². The Bertz CT molecular complexity index is 585. The minimum Gasteiger partial charge on any atom is -0.423 e. The van der Waals surface area contributed by atoms with E-state index in [-0.39, 0.29) is 0 Å². The second-order valence-electron chi connectivity index (χ2n) is 4.56. The van der Waals surface area contributed by atoms with Crippen LogP contribution in [0, 0.1) is 0 Å². The molecule has 3 rings (SSSR count). The van der Waals surface area contributed by atoms with Gasteiger partial charge in [-0.25, -0.2) is 0 Å². The minimum absolute atomic E-state index is 0.416. The van der Waals surface area contributed by atoms with Crippen molar-refractivity contribution < 1.29 is 9.21 Å². The van der Waals surface area contributed by atoms with Crippen molar-refractivity contribution in [1.29, 1.82) is 0 Å². The molecule has 1 amide bonds. The molecule has 0 spiro atoms. The summed E-state index contributed by atoms with van der Waals surface area (Å²) in [5, 5.41) is 0. The Morgan fingerprint density at radius 1 is 1.28 bits per heavy atom. The van der Waals surface area contributed by atoms with Crippen LogP contribution in [0.5, 0.6) is 0 Å². The summed E-state index contributed by atoms with van der Waals surface area (Å²) in [6.45, 7) is 1.91. The van der Waals surface area contributed by atoms with Gasteiger partial charge in [-0.05, 0) is 31.4 Å². The number of nitrogens with zero attached hydrogens (tertiary/aromatic N) is 2. The third-order valence-corrected chi connectivity index (χ3v) is 3.30. The quantitative estimate of drug-likeness (QED) is 0.877. The first-order valence-electron chi connectivity index (χ1n) is 6.20. The summed E-state index contributed by atoms with van der Waals surface area (Å²) in [7, 11) is 0. The molecule has 0 atom stereocenters. The van der Waals surface area contributed by atoms with Crippen LogP contribution in [0.3, 0.4) is 0 Å². The molecular formula is C13H15N3O2. The maximum Gasteiger partial charge on any atom is 0.298 e. The standard InChI is InChI=1S/C13H15N3O2/c14-12(17)9-5-4-6-10-11(9)15-13(18-10)16-7-2-1-3-8-16/h4-6H,1-3,7-8H2,(H2,14,17). The van der Waals surface area contributed by atoms with Crippen molar-refractivity contribution in [3.63, 3.8) is 0 Å². The summed E-state index contributed by atoms with van der Waals surface area (Å²) >= 11 is 0. The molecule has 0 aliphatic carbocycles. The second-order valence-corrected chi connectivity index (χ2v) is 4.56.